The van der Waals surface area contributed by atoms with E-state index in [2.05, 4.69) is 19.1 Å². The zero-order valence-corrected chi connectivity index (χ0v) is 16.9. The first-order valence-electron chi connectivity index (χ1n) is 9.85. The number of furan rings is 1. The number of ether oxygens (including phenoxy) is 1. The first kappa shape index (κ1) is 18.8. The number of carbonyl (C=O) groups excluding carboxylic acids is 1. The van der Waals surface area contributed by atoms with Gasteiger partial charge in [0.25, 0.3) is 0 Å². The van der Waals surface area contributed by atoms with Gasteiger partial charge in [-0.25, -0.2) is 0 Å². The molecule has 2 heterocycles. The highest BCUT2D eigenvalue weighted by molar-refractivity contribution is 7.14. The van der Waals surface area contributed by atoms with Crippen LogP contribution in [-0.4, -0.2) is 5.78 Å². The Hall–Kier alpha value is -2.59. The van der Waals surface area contributed by atoms with Gasteiger partial charge < -0.3 is 9.15 Å². The molecule has 0 fully saturated rings. The molecule has 3 nitrogen and oxygen atoms in total. The Morgan fingerprint density at radius 3 is 2.93 bits per heavy atom. The first-order chi connectivity index (χ1) is 13.7. The van der Waals surface area contributed by atoms with Gasteiger partial charge >= 0.3 is 0 Å². The van der Waals surface area contributed by atoms with Crippen LogP contribution in [0.4, 0.5) is 0 Å². The van der Waals surface area contributed by atoms with Crippen molar-refractivity contribution in [2.45, 2.75) is 45.6 Å². The minimum Gasteiger partial charge on any atom is -0.486 e. The molecule has 1 aliphatic carbocycles. The maximum atomic E-state index is 12.3. The van der Waals surface area contributed by atoms with Gasteiger partial charge in [0.15, 0.2) is 5.78 Å². The summed E-state index contributed by atoms with van der Waals surface area (Å²) in [4.78, 5) is 14.3. The Bertz CT molecular complexity index is 993. The maximum Gasteiger partial charge on any atom is 0.195 e. The predicted octanol–water partition coefficient (Wildman–Crippen LogP) is 6.26. The number of aryl methyl sites for hydroxylation is 3. The first-order valence-corrected chi connectivity index (χ1v) is 10.7. The van der Waals surface area contributed by atoms with Crippen LogP contribution in [0.2, 0.25) is 0 Å². The molecule has 0 unspecified atom stereocenters. The summed E-state index contributed by atoms with van der Waals surface area (Å²) in [5.74, 6) is 2.30. The van der Waals surface area contributed by atoms with Crippen LogP contribution in [0, 0.1) is 0 Å². The highest BCUT2D eigenvalue weighted by Crippen LogP contribution is 2.26. The van der Waals surface area contributed by atoms with Gasteiger partial charge in [0, 0.05) is 4.88 Å². The highest BCUT2D eigenvalue weighted by atomic mass is 32.1. The quantitative estimate of drug-likeness (QED) is 0.336. The molecule has 144 valence electrons. The molecule has 0 spiro atoms. The molecule has 0 radical (unpaired) electrons. The van der Waals surface area contributed by atoms with Gasteiger partial charge in [0.2, 0.25) is 0 Å². The summed E-state index contributed by atoms with van der Waals surface area (Å²) in [6, 6.07) is 14.0. The third-order valence-electron chi connectivity index (χ3n) is 4.93. The minimum absolute atomic E-state index is 0.0136. The molecule has 0 saturated carbocycles. The van der Waals surface area contributed by atoms with Crippen LogP contribution in [0.5, 0.6) is 5.75 Å². The van der Waals surface area contributed by atoms with E-state index in [4.69, 9.17) is 9.15 Å². The van der Waals surface area contributed by atoms with E-state index in [1.54, 1.807) is 23.5 Å². The molecular formula is C24H24O3S. The van der Waals surface area contributed by atoms with Gasteiger partial charge in [0.1, 0.15) is 23.9 Å². The Morgan fingerprint density at radius 2 is 2.04 bits per heavy atom. The van der Waals surface area contributed by atoms with Crippen molar-refractivity contribution in [3.05, 3.63) is 80.9 Å². The second-order valence-electron chi connectivity index (χ2n) is 7.09. The standard InChI is InChI=1S/C24H24O3S/c1-2-4-22-12-14-24(28-22)23(25)13-11-19-9-10-21(27-19)16-26-20-8-7-17-5-3-6-18(17)15-20/h7-15H,2-6,16H2,1H3/b13-11+. The fourth-order valence-electron chi connectivity index (χ4n) is 3.49. The molecule has 1 aliphatic rings. The fraction of sp³-hybridized carbons (Fsp3) is 0.292. The maximum absolute atomic E-state index is 12.3. The summed E-state index contributed by atoms with van der Waals surface area (Å²) < 4.78 is 11.6. The largest absolute Gasteiger partial charge is 0.486 e. The number of rotatable bonds is 8. The van der Waals surface area contributed by atoms with Crippen LogP contribution < -0.4 is 4.74 Å². The number of benzene rings is 1. The van der Waals surface area contributed by atoms with Crippen molar-refractivity contribution in [3.63, 3.8) is 0 Å². The summed E-state index contributed by atoms with van der Waals surface area (Å²) in [5.41, 5.74) is 2.84. The SMILES string of the molecule is CCCc1ccc(C(=O)/C=C/c2ccc(COc3ccc4c(c3)CCC4)o2)s1. The van der Waals surface area contributed by atoms with Crippen molar-refractivity contribution < 1.29 is 13.9 Å². The second kappa shape index (κ2) is 8.61. The second-order valence-corrected chi connectivity index (χ2v) is 8.26. The smallest absolute Gasteiger partial charge is 0.195 e. The summed E-state index contributed by atoms with van der Waals surface area (Å²) in [6.45, 7) is 2.52. The van der Waals surface area contributed by atoms with E-state index in [0.717, 1.165) is 35.6 Å². The van der Waals surface area contributed by atoms with E-state index in [0.29, 0.717) is 12.4 Å². The molecule has 0 amide bonds. The van der Waals surface area contributed by atoms with E-state index in [-0.39, 0.29) is 5.78 Å². The van der Waals surface area contributed by atoms with Gasteiger partial charge in [-0.3, -0.25) is 4.79 Å². The van der Waals surface area contributed by atoms with Crippen LogP contribution in [0.3, 0.4) is 0 Å². The van der Waals surface area contributed by atoms with Crippen molar-refractivity contribution in [3.8, 4) is 5.75 Å². The lowest BCUT2D eigenvalue weighted by Gasteiger charge is -2.06. The normalized spacial score (nSPS) is 13.2. The zero-order chi connectivity index (χ0) is 19.3. The molecule has 0 bridgehead atoms. The Labute approximate surface area is 169 Å². The molecule has 0 atom stereocenters. The minimum atomic E-state index is 0.0136. The van der Waals surface area contributed by atoms with Gasteiger partial charge in [-0.2, -0.15) is 0 Å². The van der Waals surface area contributed by atoms with Gasteiger partial charge in [-0.05, 0) is 85.4 Å². The lowest BCUT2D eigenvalue weighted by atomic mass is 10.1. The molecule has 1 aromatic carbocycles. The van der Waals surface area contributed by atoms with Gasteiger partial charge in [-0.15, -0.1) is 11.3 Å². The lowest BCUT2D eigenvalue weighted by Crippen LogP contribution is -1.94. The average molecular weight is 393 g/mol. The number of ketones is 1. The Morgan fingerprint density at radius 1 is 1.14 bits per heavy atom. The predicted molar refractivity (Wildman–Crippen MR) is 113 cm³/mol. The van der Waals surface area contributed by atoms with Gasteiger partial charge in [-0.1, -0.05) is 19.4 Å². The summed E-state index contributed by atoms with van der Waals surface area (Å²) in [6.07, 6.45) is 8.96. The average Bonchev–Trinajstić information content (AvgIpc) is 3.45. The number of hydrogen-bond donors (Lipinski definition) is 0. The van der Waals surface area contributed by atoms with Crippen LogP contribution in [0.25, 0.3) is 6.08 Å². The molecule has 2 aromatic heterocycles. The van der Waals surface area contributed by atoms with E-state index in [1.807, 2.05) is 30.3 Å². The number of fused-ring (bicyclic) bond motifs is 1. The summed E-state index contributed by atoms with van der Waals surface area (Å²) in [5, 5.41) is 0. The van der Waals surface area contributed by atoms with E-state index < -0.39 is 0 Å². The van der Waals surface area contributed by atoms with Crippen molar-refractivity contribution in [2.75, 3.05) is 0 Å². The third kappa shape index (κ3) is 4.45. The summed E-state index contributed by atoms with van der Waals surface area (Å²) >= 11 is 1.57. The van der Waals surface area contributed by atoms with Crippen LogP contribution in [0.1, 0.15) is 57.0 Å². The van der Waals surface area contributed by atoms with Crippen LogP contribution >= 0.6 is 11.3 Å². The van der Waals surface area contributed by atoms with Crippen molar-refractivity contribution >= 4 is 23.2 Å². The van der Waals surface area contributed by atoms with Gasteiger partial charge in [0.05, 0.1) is 4.88 Å². The fourth-order valence-corrected chi connectivity index (χ4v) is 4.51. The molecular weight excluding hydrogens is 368 g/mol. The Kier molecular flexibility index (Phi) is 5.77. The van der Waals surface area contributed by atoms with Crippen molar-refractivity contribution in [1.82, 2.24) is 0 Å². The number of hydrogen-bond acceptors (Lipinski definition) is 4. The van der Waals surface area contributed by atoms with Crippen molar-refractivity contribution in [1.29, 1.82) is 0 Å². The van der Waals surface area contributed by atoms with E-state index in [1.165, 1.54) is 28.8 Å². The van der Waals surface area contributed by atoms with Crippen molar-refractivity contribution in [2.24, 2.45) is 0 Å². The third-order valence-corrected chi connectivity index (χ3v) is 6.09. The number of thiophene rings is 1. The van der Waals surface area contributed by atoms with E-state index >= 15 is 0 Å². The molecule has 4 rings (SSSR count). The van der Waals surface area contributed by atoms with E-state index in [9.17, 15) is 4.79 Å². The highest BCUT2D eigenvalue weighted by Gasteiger charge is 2.11. The monoisotopic (exact) mass is 392 g/mol. The topological polar surface area (TPSA) is 39.4 Å². The molecule has 3 aromatic rings. The molecule has 4 heteroatoms. The molecule has 0 N–H and O–H groups in total. The van der Waals surface area contributed by atoms with Crippen LogP contribution in [0.15, 0.2) is 53.0 Å². The number of allylic oxidation sites excluding steroid dienone is 1. The zero-order valence-electron chi connectivity index (χ0n) is 16.1. The molecule has 0 aliphatic heterocycles. The summed E-state index contributed by atoms with van der Waals surface area (Å²) in [7, 11) is 0. The lowest BCUT2D eigenvalue weighted by molar-refractivity contribution is 0.105. The number of carbonyl (C=O) groups is 1. The Balaban J connectivity index is 1.33. The molecule has 28 heavy (non-hydrogen) atoms. The molecule has 0 saturated heterocycles. The van der Waals surface area contributed by atoms with Crippen LogP contribution in [-0.2, 0) is 25.9 Å².